The maximum absolute atomic E-state index is 13.6. The molecule has 0 aliphatic rings. The average Bonchev–Trinajstić information content (AvgIpc) is 2.80. The monoisotopic (exact) mass is 497 g/mol. The van der Waals surface area contributed by atoms with Crippen molar-refractivity contribution in [2.24, 2.45) is 17.3 Å². The summed E-state index contributed by atoms with van der Waals surface area (Å²) in [6.45, 7) is 11.1. The van der Waals surface area contributed by atoms with Crippen molar-refractivity contribution in [2.45, 2.75) is 86.0 Å². The van der Waals surface area contributed by atoms with Crippen LogP contribution in [0.3, 0.4) is 0 Å². The number of ether oxygens (including phenoxy) is 3. The van der Waals surface area contributed by atoms with E-state index >= 15 is 0 Å². The molecule has 0 saturated carbocycles. The van der Waals surface area contributed by atoms with E-state index < -0.39 is 11.9 Å². The van der Waals surface area contributed by atoms with Crippen molar-refractivity contribution >= 4 is 20.9 Å². The fraction of sp³-hybridized carbons (Fsp3) is 0.704. The van der Waals surface area contributed by atoms with Gasteiger partial charge in [-0.1, -0.05) is 77.4 Å². The molecule has 7 heteroatoms. The van der Waals surface area contributed by atoms with E-state index in [1.54, 1.807) is 18.2 Å². The highest BCUT2D eigenvalue weighted by atomic mass is 31.0. The van der Waals surface area contributed by atoms with E-state index in [0.29, 0.717) is 30.1 Å². The molecule has 0 aliphatic carbocycles. The zero-order chi connectivity index (χ0) is 26.1. The van der Waals surface area contributed by atoms with Crippen molar-refractivity contribution in [3.8, 4) is 11.5 Å². The number of carbonyl (C=O) groups excluding carboxylic acids is 2. The van der Waals surface area contributed by atoms with Crippen LogP contribution in [-0.2, 0) is 14.1 Å². The fourth-order valence-corrected chi connectivity index (χ4v) is 4.27. The topological polar surface area (TPSA) is 78.9 Å². The Kier molecular flexibility index (Phi) is 16.5. The molecule has 1 aromatic rings. The third-order valence-corrected chi connectivity index (χ3v) is 5.62. The van der Waals surface area contributed by atoms with Gasteiger partial charge in [-0.25, -0.2) is 0 Å². The maximum atomic E-state index is 13.6. The summed E-state index contributed by atoms with van der Waals surface area (Å²) in [5.41, 5.74) is 0.416. The van der Waals surface area contributed by atoms with Gasteiger partial charge in [-0.3, -0.25) is 9.59 Å². The molecule has 0 radical (unpaired) electrons. The van der Waals surface area contributed by atoms with Crippen LogP contribution in [0, 0.1) is 17.3 Å². The molecule has 6 nitrogen and oxygen atoms in total. The predicted octanol–water partition coefficient (Wildman–Crippen LogP) is 7.08. The van der Waals surface area contributed by atoms with Gasteiger partial charge in [0.25, 0.3) is 0 Å². The Morgan fingerprint density at radius 1 is 0.941 bits per heavy atom. The summed E-state index contributed by atoms with van der Waals surface area (Å²) in [6, 6.07) is 5.20. The Morgan fingerprint density at radius 3 is 1.97 bits per heavy atom. The Bertz CT molecular complexity index is 706. The van der Waals surface area contributed by atoms with Crippen LogP contribution >= 0.6 is 9.12 Å². The molecule has 3 unspecified atom stereocenters. The molecule has 194 valence electrons. The summed E-state index contributed by atoms with van der Waals surface area (Å²) in [6.07, 6.45) is 8.01. The highest BCUT2D eigenvalue weighted by Crippen LogP contribution is 2.34. The lowest BCUT2D eigenvalue weighted by Crippen LogP contribution is -2.30. The molecule has 0 saturated heterocycles. The number of ketones is 1. The van der Waals surface area contributed by atoms with E-state index in [-0.39, 0.29) is 17.1 Å². The lowest BCUT2D eigenvalue weighted by Gasteiger charge is -2.26. The van der Waals surface area contributed by atoms with Gasteiger partial charge in [0.05, 0.1) is 20.8 Å². The molecule has 0 heterocycles. The zero-order valence-corrected chi connectivity index (χ0v) is 23.4. The number of rotatable bonds is 15. The molecule has 0 spiro atoms. The van der Waals surface area contributed by atoms with Crippen LogP contribution in [0.25, 0.3) is 0 Å². The van der Waals surface area contributed by atoms with Crippen molar-refractivity contribution in [3.05, 3.63) is 23.8 Å². The van der Waals surface area contributed by atoms with Gasteiger partial charge in [0, 0.05) is 0 Å². The molecule has 0 N–H and O–H groups in total. The third kappa shape index (κ3) is 12.0. The van der Waals surface area contributed by atoms with Crippen molar-refractivity contribution in [1.29, 1.82) is 0 Å². The van der Waals surface area contributed by atoms with Crippen molar-refractivity contribution in [2.75, 3.05) is 20.8 Å². The molecule has 1 aromatic carbocycles. The van der Waals surface area contributed by atoms with Crippen molar-refractivity contribution in [3.63, 3.8) is 0 Å². The molecule has 3 atom stereocenters. The number of carbonyl (C=O) groups is 2. The van der Waals surface area contributed by atoms with Crippen LogP contribution in [0.1, 0.15) is 96.3 Å². The molecular weight excluding hydrogens is 451 g/mol. The lowest BCUT2D eigenvalue weighted by atomic mass is 9.80. The second kappa shape index (κ2) is 17.5. The van der Waals surface area contributed by atoms with Crippen LogP contribution in [0.2, 0.25) is 0 Å². The normalized spacial score (nSPS) is 12.7. The first-order valence-corrected chi connectivity index (χ1v) is 12.8. The minimum absolute atomic E-state index is 0.109. The van der Waals surface area contributed by atoms with Gasteiger partial charge in [0.2, 0.25) is 0 Å². The van der Waals surface area contributed by atoms with Crippen molar-refractivity contribution < 1.29 is 28.4 Å². The number of Topliss-reactive ketones (excluding diaryl/α,β-unsaturated/α-hetero) is 1. The lowest BCUT2D eigenvalue weighted by molar-refractivity contribution is -0.147. The Balaban J connectivity index is 0.00000529. The third-order valence-electron chi connectivity index (χ3n) is 5.62. The number of hydrogen-bond donors (Lipinski definition) is 0. The Labute approximate surface area is 208 Å². The molecule has 34 heavy (non-hydrogen) atoms. The van der Waals surface area contributed by atoms with Crippen LogP contribution in [0.5, 0.6) is 11.5 Å². The molecule has 0 aliphatic heterocycles. The van der Waals surface area contributed by atoms with E-state index in [4.69, 9.17) is 18.8 Å². The first kappa shape index (κ1) is 32.1. The van der Waals surface area contributed by atoms with Crippen LogP contribution in [0.15, 0.2) is 18.2 Å². The summed E-state index contributed by atoms with van der Waals surface area (Å²) in [7, 11) is 4.19. The van der Waals surface area contributed by atoms with E-state index in [1.807, 2.05) is 0 Å². The molecular formula is C27H46O6P+. The Hall–Kier alpha value is -1.94. The summed E-state index contributed by atoms with van der Waals surface area (Å²) in [5, 5.41) is 0. The highest BCUT2D eigenvalue weighted by molar-refractivity contribution is 7.00. The number of hydrogen-bond acceptors (Lipinski definition) is 6. The fourth-order valence-electron chi connectivity index (χ4n) is 4.27. The van der Waals surface area contributed by atoms with E-state index in [1.165, 1.54) is 42.6 Å². The summed E-state index contributed by atoms with van der Waals surface area (Å²) in [4.78, 5) is 26.7. The number of unbranched alkanes of at least 4 members (excludes halogenated alkanes) is 5. The van der Waals surface area contributed by atoms with Gasteiger partial charge in [-0.15, -0.1) is 0 Å². The van der Waals surface area contributed by atoms with E-state index in [2.05, 4.69) is 34.6 Å². The van der Waals surface area contributed by atoms with Gasteiger partial charge in [0.1, 0.15) is 23.0 Å². The van der Waals surface area contributed by atoms with Gasteiger partial charge < -0.3 is 14.2 Å². The predicted molar refractivity (Wildman–Crippen MR) is 140 cm³/mol. The van der Waals surface area contributed by atoms with Gasteiger partial charge in [-0.2, -0.15) is 0 Å². The second-order valence-electron chi connectivity index (χ2n) is 10.00. The van der Waals surface area contributed by atoms with Crippen LogP contribution in [-0.4, -0.2) is 32.6 Å². The highest BCUT2D eigenvalue weighted by Gasteiger charge is 2.35. The zero-order valence-electron chi connectivity index (χ0n) is 22.3. The van der Waals surface area contributed by atoms with E-state index in [0.717, 1.165) is 25.7 Å². The summed E-state index contributed by atoms with van der Waals surface area (Å²) < 4.78 is 24.6. The second-order valence-corrected chi connectivity index (χ2v) is 10.00. The minimum Gasteiger partial charge on any atom is -0.496 e. The van der Waals surface area contributed by atoms with Crippen LogP contribution < -0.4 is 9.47 Å². The summed E-state index contributed by atoms with van der Waals surface area (Å²) >= 11 is 0. The first-order valence-electron chi connectivity index (χ1n) is 12.3. The standard InChI is InChI=1S/C27H44O5.H2OP/c1-8-9-10-11-12-13-17-32-26(29)21(18-20(2)19-27(3,4)5)25(28)24-22(30-6)15-14-16-23(24)31-7;1-2/h14-16,20-21H,8-13,17-19H2,1-7H3;2H2/q;+1. The first-order chi connectivity index (χ1) is 16.1. The number of benzene rings is 1. The smallest absolute Gasteiger partial charge is 0.316 e. The van der Waals surface area contributed by atoms with E-state index in [9.17, 15) is 9.59 Å². The quantitative estimate of drug-likeness (QED) is 0.0847. The molecule has 1 rings (SSSR count). The Morgan fingerprint density at radius 2 is 1.47 bits per heavy atom. The number of esters is 1. The molecule has 0 fully saturated rings. The number of methoxy groups -OCH3 is 2. The van der Waals surface area contributed by atoms with Gasteiger partial charge in [-0.05, 0) is 42.7 Å². The van der Waals surface area contributed by atoms with Crippen LogP contribution in [0.4, 0.5) is 0 Å². The molecule has 0 bridgehead atoms. The SMILES string of the molecule is CCCCCCCCOC(=O)C(CC(C)CC(C)(C)C)C(=O)c1c(OC)cccc1OC.O=[PH2+]. The van der Waals surface area contributed by atoms with Crippen molar-refractivity contribution in [1.82, 2.24) is 0 Å². The maximum Gasteiger partial charge on any atom is 0.316 e. The molecule has 0 aromatic heterocycles. The largest absolute Gasteiger partial charge is 0.496 e. The van der Waals surface area contributed by atoms with Gasteiger partial charge in [0.15, 0.2) is 5.78 Å². The molecule has 0 amide bonds. The minimum atomic E-state index is -0.877. The summed E-state index contributed by atoms with van der Waals surface area (Å²) in [5.74, 6) is -0.618. The van der Waals surface area contributed by atoms with Gasteiger partial charge >= 0.3 is 15.1 Å². The average molecular weight is 498 g/mol.